The Morgan fingerprint density at radius 3 is 2.29 bits per heavy atom. The number of rotatable bonds is 1. The summed E-state index contributed by atoms with van der Waals surface area (Å²) in [5.41, 5.74) is 2.69. The van der Waals surface area contributed by atoms with Crippen LogP contribution >= 0.6 is 0 Å². The summed E-state index contributed by atoms with van der Waals surface area (Å²) >= 11 is 0. The monoisotopic (exact) mass is 287 g/mol. The van der Waals surface area contributed by atoms with Crippen molar-refractivity contribution in [2.45, 2.75) is 6.18 Å². The minimum Gasteiger partial charge on any atom is -0.334 e. The zero-order valence-electron chi connectivity index (χ0n) is 10.6. The molecule has 0 aliphatic rings. The molecule has 104 valence electrons. The molecular formula is C15H8F3N3. The predicted molar refractivity (Wildman–Crippen MR) is 71.2 cm³/mol. The van der Waals surface area contributed by atoms with Crippen molar-refractivity contribution in [3.8, 4) is 17.2 Å². The van der Waals surface area contributed by atoms with Gasteiger partial charge >= 0.3 is 6.18 Å². The molecule has 0 aliphatic heterocycles. The molecule has 0 radical (unpaired) electrons. The van der Waals surface area contributed by atoms with Gasteiger partial charge in [-0.05, 0) is 35.4 Å². The maximum Gasteiger partial charge on any atom is 0.449 e. The van der Waals surface area contributed by atoms with Crippen LogP contribution in [0.25, 0.3) is 22.2 Å². The number of benzene rings is 2. The highest BCUT2D eigenvalue weighted by Crippen LogP contribution is 2.30. The van der Waals surface area contributed by atoms with Gasteiger partial charge in [0.05, 0.1) is 22.7 Å². The number of H-pyrrole nitrogens is 1. The van der Waals surface area contributed by atoms with E-state index in [0.717, 1.165) is 11.1 Å². The number of nitrogens with one attached hydrogen (secondary N) is 1. The molecule has 0 saturated carbocycles. The van der Waals surface area contributed by atoms with E-state index in [1.54, 1.807) is 36.4 Å². The van der Waals surface area contributed by atoms with Crippen LogP contribution in [0.1, 0.15) is 11.4 Å². The second-order valence-corrected chi connectivity index (χ2v) is 4.50. The Morgan fingerprint density at radius 1 is 1.00 bits per heavy atom. The predicted octanol–water partition coefficient (Wildman–Crippen LogP) is 4.12. The van der Waals surface area contributed by atoms with Gasteiger partial charge in [-0.15, -0.1) is 0 Å². The molecule has 0 unspecified atom stereocenters. The molecule has 0 bridgehead atoms. The Morgan fingerprint density at radius 2 is 1.67 bits per heavy atom. The van der Waals surface area contributed by atoms with Crippen LogP contribution in [-0.2, 0) is 6.18 Å². The molecule has 1 N–H and O–H groups in total. The number of hydrogen-bond donors (Lipinski definition) is 1. The molecular weight excluding hydrogens is 279 g/mol. The maximum absolute atomic E-state index is 12.6. The molecule has 3 nitrogen and oxygen atoms in total. The van der Waals surface area contributed by atoms with Gasteiger partial charge < -0.3 is 4.98 Å². The van der Waals surface area contributed by atoms with Crippen LogP contribution < -0.4 is 0 Å². The zero-order valence-corrected chi connectivity index (χ0v) is 10.6. The van der Waals surface area contributed by atoms with Crippen molar-refractivity contribution in [1.29, 1.82) is 5.26 Å². The Hall–Kier alpha value is -2.81. The molecule has 0 amide bonds. The first-order valence-electron chi connectivity index (χ1n) is 6.05. The number of nitrogens with zero attached hydrogens (tertiary/aromatic N) is 2. The lowest BCUT2D eigenvalue weighted by molar-refractivity contribution is -0.144. The van der Waals surface area contributed by atoms with Gasteiger partial charge in [0.15, 0.2) is 0 Å². The second kappa shape index (κ2) is 4.63. The summed E-state index contributed by atoms with van der Waals surface area (Å²) in [7, 11) is 0. The van der Waals surface area contributed by atoms with Crippen molar-refractivity contribution in [1.82, 2.24) is 9.97 Å². The topological polar surface area (TPSA) is 52.5 Å². The van der Waals surface area contributed by atoms with Gasteiger partial charge in [0.1, 0.15) is 0 Å². The first kappa shape index (κ1) is 13.2. The quantitative estimate of drug-likeness (QED) is 0.732. The van der Waals surface area contributed by atoms with E-state index in [-0.39, 0.29) is 5.52 Å². The molecule has 1 aromatic heterocycles. The van der Waals surface area contributed by atoms with Crippen LogP contribution in [0.2, 0.25) is 0 Å². The van der Waals surface area contributed by atoms with E-state index in [1.165, 1.54) is 6.07 Å². The number of hydrogen-bond acceptors (Lipinski definition) is 2. The number of aromatic nitrogens is 2. The normalized spacial score (nSPS) is 11.5. The van der Waals surface area contributed by atoms with Gasteiger partial charge in [-0.1, -0.05) is 18.2 Å². The maximum atomic E-state index is 12.6. The molecule has 21 heavy (non-hydrogen) atoms. The zero-order chi connectivity index (χ0) is 15.0. The summed E-state index contributed by atoms with van der Waals surface area (Å²) in [6, 6.07) is 13.7. The van der Waals surface area contributed by atoms with E-state index >= 15 is 0 Å². The molecule has 1 heterocycles. The van der Waals surface area contributed by atoms with Gasteiger partial charge in [-0.3, -0.25) is 0 Å². The van der Waals surface area contributed by atoms with Gasteiger partial charge in [0.2, 0.25) is 5.82 Å². The highest BCUT2D eigenvalue weighted by molar-refractivity contribution is 5.82. The molecule has 6 heteroatoms. The Kier molecular flexibility index (Phi) is 2.91. The molecule has 0 atom stereocenters. The van der Waals surface area contributed by atoms with E-state index < -0.39 is 12.0 Å². The fraction of sp³-hybridized carbons (Fsp3) is 0.0667. The van der Waals surface area contributed by atoms with Crippen LogP contribution in [0, 0.1) is 11.3 Å². The van der Waals surface area contributed by atoms with Gasteiger partial charge in [0.25, 0.3) is 0 Å². The fourth-order valence-corrected chi connectivity index (χ4v) is 2.06. The Labute approximate surface area is 117 Å². The molecule has 0 aliphatic carbocycles. The van der Waals surface area contributed by atoms with Crippen LogP contribution in [0.5, 0.6) is 0 Å². The fourth-order valence-electron chi connectivity index (χ4n) is 2.06. The van der Waals surface area contributed by atoms with Gasteiger partial charge in [-0.2, -0.15) is 18.4 Å². The average molecular weight is 287 g/mol. The second-order valence-electron chi connectivity index (χ2n) is 4.50. The third kappa shape index (κ3) is 2.46. The van der Waals surface area contributed by atoms with Crippen molar-refractivity contribution >= 4 is 11.0 Å². The lowest BCUT2D eigenvalue weighted by Crippen LogP contribution is -2.06. The molecule has 2 aromatic carbocycles. The third-order valence-electron chi connectivity index (χ3n) is 3.10. The van der Waals surface area contributed by atoms with Gasteiger partial charge in [-0.25, -0.2) is 4.98 Å². The highest BCUT2D eigenvalue weighted by Gasteiger charge is 2.34. The van der Waals surface area contributed by atoms with Crippen molar-refractivity contribution in [3.63, 3.8) is 0 Å². The van der Waals surface area contributed by atoms with Crippen LogP contribution in [0.4, 0.5) is 13.2 Å². The van der Waals surface area contributed by atoms with E-state index in [0.29, 0.717) is 11.1 Å². The number of halogens is 3. The number of aromatic amines is 1. The molecule has 0 saturated heterocycles. The highest BCUT2D eigenvalue weighted by atomic mass is 19.4. The summed E-state index contributed by atoms with van der Waals surface area (Å²) in [4.78, 5) is 5.80. The van der Waals surface area contributed by atoms with E-state index in [1.807, 2.05) is 6.07 Å². The van der Waals surface area contributed by atoms with E-state index in [9.17, 15) is 13.2 Å². The largest absolute Gasteiger partial charge is 0.449 e. The summed E-state index contributed by atoms with van der Waals surface area (Å²) in [5.74, 6) is -1.01. The number of alkyl halides is 3. The smallest absolute Gasteiger partial charge is 0.334 e. The standard InChI is InChI=1S/C15H8F3N3/c16-15(17,18)14-20-12-6-5-11(7-13(12)21-14)10-3-1-9(8-19)2-4-10/h1-7H,(H,20,21). The van der Waals surface area contributed by atoms with Crippen LogP contribution in [-0.4, -0.2) is 9.97 Å². The summed E-state index contributed by atoms with van der Waals surface area (Å²) < 4.78 is 37.8. The number of imidazole rings is 1. The van der Waals surface area contributed by atoms with Crippen molar-refractivity contribution in [2.24, 2.45) is 0 Å². The minimum absolute atomic E-state index is 0.264. The Bertz CT molecular complexity index is 839. The molecule has 0 spiro atoms. The number of nitriles is 1. The van der Waals surface area contributed by atoms with Crippen molar-refractivity contribution < 1.29 is 13.2 Å². The molecule has 0 fully saturated rings. The molecule has 3 aromatic rings. The van der Waals surface area contributed by atoms with E-state index in [2.05, 4.69) is 9.97 Å². The Balaban J connectivity index is 2.06. The third-order valence-corrected chi connectivity index (χ3v) is 3.10. The average Bonchev–Trinajstić information content (AvgIpc) is 2.90. The van der Waals surface area contributed by atoms with Crippen LogP contribution in [0.3, 0.4) is 0 Å². The minimum atomic E-state index is -4.49. The van der Waals surface area contributed by atoms with Gasteiger partial charge in [0, 0.05) is 0 Å². The number of fused-ring (bicyclic) bond motifs is 1. The molecule has 3 rings (SSSR count). The van der Waals surface area contributed by atoms with Crippen LogP contribution in [0.15, 0.2) is 42.5 Å². The summed E-state index contributed by atoms with van der Waals surface area (Å²) in [5, 5.41) is 8.75. The first-order valence-corrected chi connectivity index (χ1v) is 6.05. The van der Waals surface area contributed by atoms with Crippen molar-refractivity contribution in [3.05, 3.63) is 53.9 Å². The SMILES string of the molecule is N#Cc1ccc(-c2ccc3nc(C(F)(F)F)[nH]c3c2)cc1. The van der Waals surface area contributed by atoms with Crippen molar-refractivity contribution in [2.75, 3.05) is 0 Å². The lowest BCUT2D eigenvalue weighted by Gasteiger charge is -2.01. The summed E-state index contributed by atoms with van der Waals surface area (Å²) in [6.45, 7) is 0. The summed E-state index contributed by atoms with van der Waals surface area (Å²) in [6.07, 6.45) is -4.49. The first-order chi connectivity index (χ1) is 9.97. The lowest BCUT2D eigenvalue weighted by atomic mass is 10.0. The van der Waals surface area contributed by atoms with E-state index in [4.69, 9.17) is 5.26 Å².